The molecular formula is C20H21N3O2S. The van der Waals surface area contributed by atoms with Crippen LogP contribution in [0.15, 0.2) is 35.4 Å². The largest absolute Gasteiger partial charge is 0.325 e. The molecule has 1 atom stereocenters. The first-order chi connectivity index (χ1) is 12.5. The molecule has 0 unspecified atom stereocenters. The van der Waals surface area contributed by atoms with Gasteiger partial charge in [-0.1, -0.05) is 24.6 Å². The average molecular weight is 367 g/mol. The van der Waals surface area contributed by atoms with Crippen LogP contribution in [-0.2, 0) is 24.2 Å². The second-order valence-corrected chi connectivity index (χ2v) is 8.21. The Morgan fingerprint density at radius 2 is 2.12 bits per heavy atom. The number of aryl methyl sites for hydroxylation is 2. The summed E-state index contributed by atoms with van der Waals surface area (Å²) in [5.74, 6) is 0.424. The molecule has 0 saturated carbocycles. The lowest BCUT2D eigenvalue weighted by atomic mass is 9.89. The van der Waals surface area contributed by atoms with Gasteiger partial charge in [0.05, 0.1) is 11.7 Å². The summed E-state index contributed by atoms with van der Waals surface area (Å²) in [5, 5.41) is 3.54. The molecular weight excluding hydrogens is 346 g/mol. The van der Waals surface area contributed by atoms with E-state index in [-0.39, 0.29) is 18.0 Å². The molecule has 0 bridgehead atoms. The van der Waals surface area contributed by atoms with Crippen molar-refractivity contribution in [3.05, 3.63) is 57.0 Å². The van der Waals surface area contributed by atoms with Gasteiger partial charge in [0.25, 0.3) is 5.56 Å². The highest BCUT2D eigenvalue weighted by Crippen LogP contribution is 2.35. The molecule has 6 heteroatoms. The Bertz CT molecular complexity index is 1030. The topological polar surface area (TPSA) is 64.0 Å². The fourth-order valence-corrected chi connectivity index (χ4v) is 4.81. The van der Waals surface area contributed by atoms with Gasteiger partial charge in [-0.25, -0.2) is 4.98 Å². The van der Waals surface area contributed by atoms with E-state index in [2.05, 4.69) is 17.2 Å². The van der Waals surface area contributed by atoms with Gasteiger partial charge in [0.15, 0.2) is 0 Å². The smallest absolute Gasteiger partial charge is 0.262 e. The number of hydrogen-bond donors (Lipinski definition) is 1. The summed E-state index contributed by atoms with van der Waals surface area (Å²) in [6.45, 7) is 4.21. The van der Waals surface area contributed by atoms with Crippen molar-refractivity contribution >= 4 is 33.1 Å². The molecule has 2 heterocycles. The average Bonchev–Trinajstić information content (AvgIpc) is 2.97. The number of nitrogens with one attached hydrogen (secondary N) is 1. The van der Waals surface area contributed by atoms with Crippen LogP contribution in [0.3, 0.4) is 0 Å². The van der Waals surface area contributed by atoms with Crippen molar-refractivity contribution in [2.75, 3.05) is 5.32 Å². The van der Waals surface area contributed by atoms with Crippen molar-refractivity contribution in [2.24, 2.45) is 5.92 Å². The molecule has 0 radical (unpaired) electrons. The lowest BCUT2D eigenvalue weighted by Crippen LogP contribution is -2.28. The highest BCUT2D eigenvalue weighted by molar-refractivity contribution is 7.18. The van der Waals surface area contributed by atoms with Gasteiger partial charge in [0.1, 0.15) is 11.4 Å². The van der Waals surface area contributed by atoms with E-state index in [1.165, 1.54) is 15.8 Å². The fourth-order valence-electron chi connectivity index (χ4n) is 3.47. The van der Waals surface area contributed by atoms with Gasteiger partial charge in [-0.3, -0.25) is 14.2 Å². The van der Waals surface area contributed by atoms with Gasteiger partial charge in [-0.05, 0) is 49.8 Å². The zero-order valence-corrected chi connectivity index (χ0v) is 15.7. The van der Waals surface area contributed by atoms with E-state index in [0.29, 0.717) is 11.3 Å². The summed E-state index contributed by atoms with van der Waals surface area (Å²) in [5.41, 5.74) is 2.89. The van der Waals surface area contributed by atoms with E-state index >= 15 is 0 Å². The Balaban J connectivity index is 1.61. The van der Waals surface area contributed by atoms with Crippen LogP contribution >= 0.6 is 11.3 Å². The Hall–Kier alpha value is -2.47. The third-order valence-corrected chi connectivity index (χ3v) is 6.09. The van der Waals surface area contributed by atoms with Crippen LogP contribution in [0.5, 0.6) is 0 Å². The molecule has 1 amide bonds. The maximum Gasteiger partial charge on any atom is 0.262 e. The van der Waals surface area contributed by atoms with Crippen molar-refractivity contribution in [1.82, 2.24) is 9.55 Å². The van der Waals surface area contributed by atoms with Crippen LogP contribution in [0.1, 0.15) is 29.3 Å². The number of nitrogens with zero attached hydrogens (tertiary/aromatic N) is 2. The number of thiophene rings is 1. The van der Waals surface area contributed by atoms with Gasteiger partial charge < -0.3 is 5.32 Å². The number of amides is 1. The summed E-state index contributed by atoms with van der Waals surface area (Å²) in [6, 6.07) is 7.59. The molecule has 2 aromatic heterocycles. The molecule has 5 nitrogen and oxygen atoms in total. The molecule has 1 aromatic carbocycles. The normalized spacial score (nSPS) is 16.5. The summed E-state index contributed by atoms with van der Waals surface area (Å²) >= 11 is 1.62. The molecule has 0 saturated heterocycles. The third-order valence-electron chi connectivity index (χ3n) is 4.93. The maximum atomic E-state index is 12.9. The predicted octanol–water partition coefficient (Wildman–Crippen LogP) is 3.53. The van der Waals surface area contributed by atoms with E-state index in [1.54, 1.807) is 11.3 Å². The molecule has 4 rings (SSSR count). The van der Waals surface area contributed by atoms with Crippen LogP contribution in [0, 0.1) is 12.8 Å². The monoisotopic (exact) mass is 367 g/mol. The zero-order chi connectivity index (χ0) is 18.3. The van der Waals surface area contributed by atoms with Crippen LogP contribution in [0.25, 0.3) is 10.2 Å². The molecule has 0 spiro atoms. The SMILES string of the molecule is Cc1ccc(NC(=O)Cn2cnc3sc4c(c3c2=O)CC[C@H](C)C4)cc1. The van der Waals surface area contributed by atoms with E-state index in [0.717, 1.165) is 40.9 Å². The van der Waals surface area contributed by atoms with Crippen molar-refractivity contribution in [1.29, 1.82) is 0 Å². The second kappa shape index (κ2) is 6.68. The van der Waals surface area contributed by atoms with Crippen molar-refractivity contribution in [3.8, 4) is 0 Å². The first-order valence-corrected chi connectivity index (χ1v) is 9.69. The second-order valence-electron chi connectivity index (χ2n) is 7.12. The lowest BCUT2D eigenvalue weighted by Gasteiger charge is -2.17. The van der Waals surface area contributed by atoms with Crippen molar-refractivity contribution in [2.45, 2.75) is 39.7 Å². The fraction of sp³-hybridized carbons (Fsp3) is 0.350. The molecule has 3 aromatic rings. The van der Waals surface area contributed by atoms with Gasteiger partial charge >= 0.3 is 0 Å². The number of aromatic nitrogens is 2. The van der Waals surface area contributed by atoms with Gasteiger partial charge in [-0.2, -0.15) is 0 Å². The van der Waals surface area contributed by atoms with Crippen LogP contribution < -0.4 is 10.9 Å². The van der Waals surface area contributed by atoms with Gasteiger partial charge in [-0.15, -0.1) is 11.3 Å². The molecule has 134 valence electrons. The minimum absolute atomic E-state index is 0.0311. The number of benzene rings is 1. The summed E-state index contributed by atoms with van der Waals surface area (Å²) < 4.78 is 1.41. The molecule has 1 aliphatic carbocycles. The number of carbonyl (C=O) groups is 1. The number of anilines is 1. The Kier molecular flexibility index (Phi) is 4.36. The van der Waals surface area contributed by atoms with Gasteiger partial charge in [0.2, 0.25) is 5.91 Å². The molecule has 0 fully saturated rings. The number of fused-ring (bicyclic) bond motifs is 3. The zero-order valence-electron chi connectivity index (χ0n) is 14.9. The van der Waals surface area contributed by atoms with Gasteiger partial charge in [0, 0.05) is 10.6 Å². The summed E-state index contributed by atoms with van der Waals surface area (Å²) in [4.78, 5) is 31.8. The molecule has 0 aliphatic heterocycles. The Morgan fingerprint density at radius 1 is 1.35 bits per heavy atom. The highest BCUT2D eigenvalue weighted by Gasteiger charge is 2.23. The van der Waals surface area contributed by atoms with Crippen LogP contribution in [-0.4, -0.2) is 15.5 Å². The summed E-state index contributed by atoms with van der Waals surface area (Å²) in [6.07, 6.45) is 4.53. The van der Waals surface area contributed by atoms with Crippen molar-refractivity contribution in [3.63, 3.8) is 0 Å². The third kappa shape index (κ3) is 3.17. The standard InChI is InChI=1S/C20H21N3O2S/c1-12-3-6-14(7-4-12)22-17(24)10-23-11-21-19-18(20(23)25)15-8-5-13(2)9-16(15)26-19/h3-4,6-7,11,13H,5,8-10H2,1-2H3,(H,22,24)/t13-/m0/s1. The first-order valence-electron chi connectivity index (χ1n) is 8.87. The van der Waals surface area contributed by atoms with Crippen molar-refractivity contribution < 1.29 is 4.79 Å². The minimum atomic E-state index is -0.227. The van der Waals surface area contributed by atoms with E-state index in [4.69, 9.17) is 0 Å². The lowest BCUT2D eigenvalue weighted by molar-refractivity contribution is -0.116. The van der Waals surface area contributed by atoms with Crippen LogP contribution in [0.2, 0.25) is 0 Å². The Labute approximate surface area is 155 Å². The highest BCUT2D eigenvalue weighted by atomic mass is 32.1. The molecule has 1 N–H and O–H groups in total. The molecule has 26 heavy (non-hydrogen) atoms. The van der Waals surface area contributed by atoms with E-state index in [9.17, 15) is 9.59 Å². The Morgan fingerprint density at radius 3 is 2.88 bits per heavy atom. The molecule has 1 aliphatic rings. The first kappa shape index (κ1) is 17.0. The predicted molar refractivity (Wildman–Crippen MR) is 105 cm³/mol. The van der Waals surface area contributed by atoms with E-state index < -0.39 is 0 Å². The number of hydrogen-bond acceptors (Lipinski definition) is 4. The number of rotatable bonds is 3. The summed E-state index contributed by atoms with van der Waals surface area (Å²) in [7, 11) is 0. The number of carbonyl (C=O) groups excluding carboxylic acids is 1. The quantitative estimate of drug-likeness (QED) is 0.770. The van der Waals surface area contributed by atoms with E-state index in [1.807, 2.05) is 31.2 Å². The minimum Gasteiger partial charge on any atom is -0.325 e. The maximum absolute atomic E-state index is 12.9. The van der Waals surface area contributed by atoms with Crippen LogP contribution in [0.4, 0.5) is 5.69 Å².